The van der Waals surface area contributed by atoms with E-state index < -0.39 is 0 Å². The van der Waals surface area contributed by atoms with Crippen molar-refractivity contribution in [1.29, 1.82) is 0 Å². The Kier molecular flexibility index (Phi) is 4.76. The number of hydrogen-bond acceptors (Lipinski definition) is 2. The number of rotatable bonds is 4. The molecule has 4 heteroatoms. The molecule has 0 spiro atoms. The van der Waals surface area contributed by atoms with E-state index in [1.54, 1.807) is 29.3 Å². The van der Waals surface area contributed by atoms with Crippen molar-refractivity contribution in [3.8, 4) is 5.75 Å². The first-order chi connectivity index (χ1) is 10.7. The summed E-state index contributed by atoms with van der Waals surface area (Å²) in [5.74, 6) is 0.222. The van der Waals surface area contributed by atoms with E-state index >= 15 is 0 Å². The summed E-state index contributed by atoms with van der Waals surface area (Å²) in [7, 11) is 0. The molecule has 2 aromatic carbocycles. The third kappa shape index (κ3) is 3.87. The van der Waals surface area contributed by atoms with Gasteiger partial charge in [-0.25, -0.2) is 0 Å². The number of phenolic OH excluding ortho intramolecular Hbond substituents is 1. The Labute approximate surface area is 135 Å². The molecule has 1 aliphatic heterocycles. The number of likely N-dealkylation sites (tertiary alicyclic amines) is 1. The van der Waals surface area contributed by atoms with Crippen LogP contribution in [0.1, 0.15) is 17.5 Å². The average Bonchev–Trinajstić information content (AvgIpc) is 2.97. The summed E-state index contributed by atoms with van der Waals surface area (Å²) in [6.07, 6.45) is 2.83. The van der Waals surface area contributed by atoms with Crippen LogP contribution in [-0.4, -0.2) is 30.5 Å². The van der Waals surface area contributed by atoms with E-state index in [-0.39, 0.29) is 5.75 Å². The minimum absolute atomic E-state index is 0.222. The molecule has 3 rings (SSSR count). The normalized spacial score (nSPS) is 21.5. The molecule has 0 saturated carbocycles. The van der Waals surface area contributed by atoms with E-state index in [4.69, 9.17) is 11.6 Å². The van der Waals surface area contributed by atoms with Gasteiger partial charge in [-0.1, -0.05) is 41.9 Å². The van der Waals surface area contributed by atoms with Gasteiger partial charge in [-0.15, -0.1) is 0 Å². The molecule has 1 heterocycles. The summed E-state index contributed by atoms with van der Waals surface area (Å²) in [6.45, 7) is 3.22. The summed E-state index contributed by atoms with van der Waals surface area (Å²) >= 11 is 5.95. The number of halogens is 1. The smallest absolute Gasteiger partial charge is 0.124 e. The van der Waals surface area contributed by atoms with Gasteiger partial charge in [0.15, 0.2) is 0 Å². The van der Waals surface area contributed by atoms with Crippen LogP contribution < -0.4 is 4.90 Å². The second-order valence-electron chi connectivity index (χ2n) is 5.79. The lowest BCUT2D eigenvalue weighted by Crippen LogP contribution is -3.09. The fourth-order valence-corrected chi connectivity index (χ4v) is 3.08. The maximum Gasteiger partial charge on any atom is 0.124 e. The number of quaternary nitrogens is 1. The molecule has 1 saturated heterocycles. The van der Waals surface area contributed by atoms with Gasteiger partial charge >= 0.3 is 0 Å². The number of hydrogen-bond donors (Lipinski definition) is 2. The molecule has 1 aliphatic rings. The van der Waals surface area contributed by atoms with E-state index in [0.29, 0.717) is 16.6 Å². The van der Waals surface area contributed by atoms with Crippen LogP contribution in [0.3, 0.4) is 0 Å². The molecule has 2 aromatic rings. The first-order valence-corrected chi connectivity index (χ1v) is 7.98. The lowest BCUT2D eigenvalue weighted by Gasteiger charge is -2.12. The van der Waals surface area contributed by atoms with E-state index in [2.05, 4.69) is 29.3 Å². The van der Waals surface area contributed by atoms with Gasteiger partial charge in [-0.2, -0.15) is 0 Å². The van der Waals surface area contributed by atoms with Crippen molar-refractivity contribution in [2.24, 2.45) is 4.99 Å². The lowest BCUT2D eigenvalue weighted by molar-refractivity contribution is -0.901. The molecule has 3 nitrogen and oxygen atoms in total. The van der Waals surface area contributed by atoms with Crippen molar-refractivity contribution in [2.75, 3.05) is 13.1 Å². The Morgan fingerprint density at radius 1 is 1.23 bits per heavy atom. The van der Waals surface area contributed by atoms with Crippen LogP contribution in [0, 0.1) is 0 Å². The van der Waals surface area contributed by atoms with E-state index in [0.717, 1.165) is 26.1 Å². The lowest BCUT2D eigenvalue weighted by atomic mass is 10.2. The van der Waals surface area contributed by atoms with Gasteiger partial charge in [-0.05, 0) is 18.2 Å². The van der Waals surface area contributed by atoms with Gasteiger partial charge in [0.25, 0.3) is 0 Å². The third-order valence-corrected chi connectivity index (χ3v) is 4.30. The quantitative estimate of drug-likeness (QED) is 0.835. The largest absolute Gasteiger partial charge is 0.507 e. The van der Waals surface area contributed by atoms with Crippen LogP contribution in [0.5, 0.6) is 5.75 Å². The summed E-state index contributed by atoms with van der Waals surface area (Å²) in [5.41, 5.74) is 2.05. The highest BCUT2D eigenvalue weighted by Crippen LogP contribution is 2.19. The summed E-state index contributed by atoms with van der Waals surface area (Å²) in [5, 5.41) is 10.4. The predicted molar refractivity (Wildman–Crippen MR) is 90.0 cm³/mol. The van der Waals surface area contributed by atoms with Crippen molar-refractivity contribution in [2.45, 2.75) is 19.0 Å². The highest BCUT2D eigenvalue weighted by Gasteiger charge is 2.25. The van der Waals surface area contributed by atoms with Crippen LogP contribution in [0.4, 0.5) is 0 Å². The van der Waals surface area contributed by atoms with Crippen LogP contribution in [0.25, 0.3) is 0 Å². The molecule has 0 aliphatic carbocycles. The van der Waals surface area contributed by atoms with E-state index in [9.17, 15) is 5.11 Å². The number of nitrogens with zero attached hydrogens (tertiary/aromatic N) is 1. The van der Waals surface area contributed by atoms with Crippen LogP contribution in [0.15, 0.2) is 53.5 Å². The minimum Gasteiger partial charge on any atom is -0.507 e. The van der Waals surface area contributed by atoms with Crippen molar-refractivity contribution in [3.63, 3.8) is 0 Å². The zero-order valence-corrected chi connectivity index (χ0v) is 13.1. The molecule has 0 bridgehead atoms. The Morgan fingerprint density at radius 2 is 2.05 bits per heavy atom. The zero-order chi connectivity index (χ0) is 15.4. The molecule has 0 amide bonds. The van der Waals surface area contributed by atoms with E-state index in [1.807, 2.05) is 6.07 Å². The minimum atomic E-state index is 0.222. The Morgan fingerprint density at radius 3 is 2.86 bits per heavy atom. The van der Waals surface area contributed by atoms with Crippen molar-refractivity contribution < 1.29 is 10.0 Å². The second-order valence-corrected chi connectivity index (χ2v) is 6.23. The summed E-state index contributed by atoms with van der Waals surface area (Å²) in [4.78, 5) is 6.18. The Balaban J connectivity index is 1.59. The van der Waals surface area contributed by atoms with Crippen LogP contribution in [0.2, 0.25) is 5.02 Å². The topological polar surface area (TPSA) is 37.0 Å². The molecule has 0 aromatic heterocycles. The molecule has 114 valence electrons. The maximum atomic E-state index is 9.80. The number of nitrogens with one attached hydrogen (secondary N) is 1. The number of aliphatic imine (C=N–C) groups is 1. The van der Waals surface area contributed by atoms with E-state index in [1.165, 1.54) is 5.56 Å². The first kappa shape index (κ1) is 15.1. The fraction of sp³-hybridized carbons (Fsp3) is 0.278. The van der Waals surface area contributed by atoms with Crippen LogP contribution in [-0.2, 0) is 6.54 Å². The van der Waals surface area contributed by atoms with Crippen molar-refractivity contribution in [3.05, 3.63) is 64.7 Å². The highest BCUT2D eigenvalue weighted by molar-refractivity contribution is 6.30. The number of aromatic hydroxyl groups is 1. The molecule has 1 fully saturated rings. The van der Waals surface area contributed by atoms with Gasteiger partial charge in [-0.3, -0.25) is 4.99 Å². The van der Waals surface area contributed by atoms with Gasteiger partial charge in [0, 0.05) is 28.8 Å². The Hall–Kier alpha value is -1.84. The van der Waals surface area contributed by atoms with Gasteiger partial charge in [0.05, 0.1) is 6.54 Å². The average molecular weight is 316 g/mol. The maximum absolute atomic E-state index is 9.80. The number of phenols is 1. The molecule has 1 unspecified atom stereocenters. The Bertz CT molecular complexity index is 657. The van der Waals surface area contributed by atoms with Gasteiger partial charge in [0.2, 0.25) is 0 Å². The predicted octanol–water partition coefficient (Wildman–Crippen LogP) is 2.32. The molecule has 0 radical (unpaired) electrons. The zero-order valence-electron chi connectivity index (χ0n) is 12.4. The monoisotopic (exact) mass is 315 g/mol. The molecule has 22 heavy (non-hydrogen) atoms. The number of benzene rings is 2. The first-order valence-electron chi connectivity index (χ1n) is 7.60. The highest BCUT2D eigenvalue weighted by atomic mass is 35.5. The molecule has 2 atom stereocenters. The van der Waals surface area contributed by atoms with Crippen molar-refractivity contribution >= 4 is 17.8 Å². The second kappa shape index (κ2) is 6.95. The summed E-state index contributed by atoms with van der Waals surface area (Å²) in [6, 6.07) is 15.9. The summed E-state index contributed by atoms with van der Waals surface area (Å²) < 4.78 is 0. The standard InChI is InChI=1S/C18H19ClN2O/c19-16-6-7-18(22)15(10-16)11-20-17-8-9-21(13-17)12-14-4-2-1-3-5-14/h1-7,10-11,17,22H,8-9,12-13H2/p+1/t17-/m1/s1. The molecular formula is C18H20ClN2O+. The fourth-order valence-electron chi connectivity index (χ4n) is 2.89. The van der Waals surface area contributed by atoms with Crippen molar-refractivity contribution in [1.82, 2.24) is 0 Å². The SMILES string of the molecule is Oc1ccc(Cl)cc1C=N[C@@H]1CC[NH+](Cc2ccccc2)C1. The molecule has 2 N–H and O–H groups in total. The third-order valence-electron chi connectivity index (χ3n) is 4.07. The molecular weight excluding hydrogens is 296 g/mol. The van der Waals surface area contributed by atoms with Gasteiger partial charge in [0.1, 0.15) is 24.9 Å². The van der Waals surface area contributed by atoms with Crippen LogP contribution >= 0.6 is 11.6 Å². The van der Waals surface area contributed by atoms with Gasteiger partial charge < -0.3 is 10.0 Å².